The molecule has 2 N–H and O–H groups in total. The lowest BCUT2D eigenvalue weighted by Gasteiger charge is -2.36. The van der Waals surface area contributed by atoms with Gasteiger partial charge in [0.2, 0.25) is 0 Å². The third-order valence-corrected chi connectivity index (χ3v) is 4.12. The predicted octanol–water partition coefficient (Wildman–Crippen LogP) is 2.61. The number of aryl methyl sites for hydroxylation is 1. The van der Waals surface area contributed by atoms with E-state index in [2.05, 4.69) is 12.2 Å². The average molecular weight is 279 g/mol. The molecule has 5 heteroatoms. The van der Waals surface area contributed by atoms with Gasteiger partial charge in [-0.25, -0.2) is 4.79 Å². The molecule has 0 saturated heterocycles. The van der Waals surface area contributed by atoms with Gasteiger partial charge < -0.3 is 14.8 Å². The highest BCUT2D eigenvalue weighted by atomic mass is 16.4. The van der Waals surface area contributed by atoms with Crippen molar-refractivity contribution < 1.29 is 19.1 Å². The maximum absolute atomic E-state index is 12.2. The molecule has 1 aromatic rings. The molecule has 0 spiro atoms. The lowest BCUT2D eigenvalue weighted by Crippen LogP contribution is -2.56. The second-order valence-electron chi connectivity index (χ2n) is 5.64. The Morgan fingerprint density at radius 2 is 2.05 bits per heavy atom. The van der Waals surface area contributed by atoms with Crippen molar-refractivity contribution in [2.24, 2.45) is 5.92 Å². The van der Waals surface area contributed by atoms with Crippen LogP contribution >= 0.6 is 0 Å². The lowest BCUT2D eigenvalue weighted by atomic mass is 9.77. The van der Waals surface area contributed by atoms with Gasteiger partial charge >= 0.3 is 5.97 Å². The minimum absolute atomic E-state index is 0.182. The van der Waals surface area contributed by atoms with Crippen LogP contribution in [0.25, 0.3) is 0 Å². The fourth-order valence-electron chi connectivity index (χ4n) is 2.62. The first-order valence-electron chi connectivity index (χ1n) is 7.11. The Bertz CT molecular complexity index is 498. The standard InChI is InChI=1S/C15H21NO4/c1-3-11-4-5-12(20-11)13(17)16-15(14(18)19)8-6-10(2)7-9-15/h4-5,10H,3,6-9H2,1-2H3,(H,16,17)(H,18,19). The summed E-state index contributed by atoms with van der Waals surface area (Å²) in [6.45, 7) is 4.04. The Labute approximate surface area is 118 Å². The zero-order valence-corrected chi connectivity index (χ0v) is 11.9. The van der Waals surface area contributed by atoms with Crippen LogP contribution < -0.4 is 5.32 Å². The van der Waals surface area contributed by atoms with Gasteiger partial charge in [0.15, 0.2) is 5.76 Å². The van der Waals surface area contributed by atoms with Crippen LogP contribution in [-0.4, -0.2) is 22.5 Å². The fourth-order valence-corrected chi connectivity index (χ4v) is 2.62. The van der Waals surface area contributed by atoms with Crippen molar-refractivity contribution in [2.75, 3.05) is 0 Å². The number of carbonyl (C=O) groups excluding carboxylic acids is 1. The van der Waals surface area contributed by atoms with E-state index in [1.54, 1.807) is 12.1 Å². The third-order valence-electron chi connectivity index (χ3n) is 4.12. The number of nitrogens with one attached hydrogen (secondary N) is 1. The van der Waals surface area contributed by atoms with E-state index in [0.717, 1.165) is 18.6 Å². The summed E-state index contributed by atoms with van der Waals surface area (Å²) in [4.78, 5) is 23.7. The van der Waals surface area contributed by atoms with Gasteiger partial charge in [-0.3, -0.25) is 4.79 Å². The van der Waals surface area contributed by atoms with Crippen molar-refractivity contribution in [1.29, 1.82) is 0 Å². The van der Waals surface area contributed by atoms with E-state index >= 15 is 0 Å². The number of hydrogen-bond acceptors (Lipinski definition) is 3. The Balaban J connectivity index is 2.12. The molecule has 5 nitrogen and oxygen atoms in total. The van der Waals surface area contributed by atoms with Crippen molar-refractivity contribution in [2.45, 2.75) is 51.5 Å². The number of carboxylic acids is 1. The van der Waals surface area contributed by atoms with Crippen LogP contribution in [0.5, 0.6) is 0 Å². The van der Waals surface area contributed by atoms with Gasteiger partial charge in [-0.05, 0) is 43.7 Å². The van der Waals surface area contributed by atoms with Crippen LogP contribution in [-0.2, 0) is 11.2 Å². The molecule has 2 rings (SSSR count). The van der Waals surface area contributed by atoms with E-state index in [4.69, 9.17) is 4.42 Å². The molecule has 1 saturated carbocycles. The summed E-state index contributed by atoms with van der Waals surface area (Å²) in [7, 11) is 0. The first-order chi connectivity index (χ1) is 9.47. The molecule has 1 aromatic heterocycles. The average Bonchev–Trinajstić information content (AvgIpc) is 2.90. The molecule has 0 aliphatic heterocycles. The van der Waals surface area contributed by atoms with E-state index in [1.165, 1.54) is 0 Å². The Hall–Kier alpha value is -1.78. The first-order valence-corrected chi connectivity index (χ1v) is 7.11. The zero-order valence-electron chi connectivity index (χ0n) is 11.9. The van der Waals surface area contributed by atoms with Crippen LogP contribution in [0.15, 0.2) is 16.5 Å². The summed E-state index contributed by atoms with van der Waals surface area (Å²) < 4.78 is 5.38. The number of hydrogen-bond donors (Lipinski definition) is 2. The largest absolute Gasteiger partial charge is 0.480 e. The number of amides is 1. The highest BCUT2D eigenvalue weighted by molar-refractivity contribution is 5.95. The summed E-state index contributed by atoms with van der Waals surface area (Å²) in [6.07, 6.45) is 3.26. The van der Waals surface area contributed by atoms with Crippen molar-refractivity contribution >= 4 is 11.9 Å². The molecule has 1 heterocycles. The Morgan fingerprint density at radius 1 is 1.40 bits per heavy atom. The number of aliphatic carboxylic acids is 1. The van der Waals surface area contributed by atoms with Crippen LogP contribution in [0.1, 0.15) is 55.8 Å². The van der Waals surface area contributed by atoms with E-state index in [0.29, 0.717) is 25.2 Å². The van der Waals surface area contributed by atoms with Gasteiger partial charge in [0.05, 0.1) is 0 Å². The maximum atomic E-state index is 12.2. The molecule has 0 aromatic carbocycles. The third kappa shape index (κ3) is 2.86. The molecule has 0 unspecified atom stereocenters. The van der Waals surface area contributed by atoms with Gasteiger partial charge in [0.25, 0.3) is 5.91 Å². The Kier molecular flexibility index (Phi) is 4.16. The monoisotopic (exact) mass is 279 g/mol. The number of rotatable bonds is 4. The van der Waals surface area contributed by atoms with E-state index in [9.17, 15) is 14.7 Å². The van der Waals surface area contributed by atoms with E-state index < -0.39 is 17.4 Å². The summed E-state index contributed by atoms with van der Waals surface area (Å²) >= 11 is 0. The molecular formula is C15H21NO4. The Morgan fingerprint density at radius 3 is 2.55 bits per heavy atom. The van der Waals surface area contributed by atoms with Crippen LogP contribution in [0.3, 0.4) is 0 Å². The highest BCUT2D eigenvalue weighted by Crippen LogP contribution is 2.32. The van der Waals surface area contributed by atoms with Crippen molar-refractivity contribution in [3.63, 3.8) is 0 Å². The summed E-state index contributed by atoms with van der Waals surface area (Å²) in [5.41, 5.74) is -1.15. The minimum Gasteiger partial charge on any atom is -0.480 e. The quantitative estimate of drug-likeness (QED) is 0.887. The summed E-state index contributed by atoms with van der Waals surface area (Å²) in [5, 5.41) is 12.2. The zero-order chi connectivity index (χ0) is 14.8. The van der Waals surface area contributed by atoms with Gasteiger partial charge in [0, 0.05) is 6.42 Å². The fraction of sp³-hybridized carbons (Fsp3) is 0.600. The summed E-state index contributed by atoms with van der Waals surface area (Å²) in [6, 6.07) is 3.33. The van der Waals surface area contributed by atoms with Crippen molar-refractivity contribution in [3.05, 3.63) is 23.7 Å². The molecular weight excluding hydrogens is 258 g/mol. The maximum Gasteiger partial charge on any atom is 0.329 e. The molecule has 20 heavy (non-hydrogen) atoms. The number of furan rings is 1. The molecule has 1 fully saturated rings. The normalized spacial score (nSPS) is 26.2. The molecule has 1 aliphatic rings. The molecule has 1 amide bonds. The molecule has 0 radical (unpaired) electrons. The van der Waals surface area contributed by atoms with E-state index in [-0.39, 0.29) is 5.76 Å². The van der Waals surface area contributed by atoms with Gasteiger partial charge in [0.1, 0.15) is 11.3 Å². The highest BCUT2D eigenvalue weighted by Gasteiger charge is 2.43. The molecule has 110 valence electrons. The SMILES string of the molecule is CCc1ccc(C(=O)NC2(C(=O)O)CCC(C)CC2)o1. The second kappa shape index (κ2) is 5.69. The second-order valence-corrected chi connectivity index (χ2v) is 5.64. The predicted molar refractivity (Wildman–Crippen MR) is 73.6 cm³/mol. The smallest absolute Gasteiger partial charge is 0.329 e. The topological polar surface area (TPSA) is 79.5 Å². The van der Waals surface area contributed by atoms with Gasteiger partial charge in [-0.15, -0.1) is 0 Å². The van der Waals surface area contributed by atoms with Crippen LogP contribution in [0, 0.1) is 5.92 Å². The number of carbonyl (C=O) groups is 2. The lowest BCUT2D eigenvalue weighted by molar-refractivity contribution is -0.146. The molecule has 0 bridgehead atoms. The van der Waals surface area contributed by atoms with Crippen molar-refractivity contribution in [3.8, 4) is 0 Å². The number of carboxylic acid groups (broad SMARTS) is 1. The van der Waals surface area contributed by atoms with Gasteiger partial charge in [-0.2, -0.15) is 0 Å². The van der Waals surface area contributed by atoms with E-state index in [1.807, 2.05) is 6.92 Å². The first kappa shape index (κ1) is 14.6. The molecule has 1 aliphatic carbocycles. The van der Waals surface area contributed by atoms with Crippen LogP contribution in [0.2, 0.25) is 0 Å². The summed E-state index contributed by atoms with van der Waals surface area (Å²) in [5.74, 6) is 0.00856. The van der Waals surface area contributed by atoms with Crippen LogP contribution in [0.4, 0.5) is 0 Å². The molecule has 0 atom stereocenters. The van der Waals surface area contributed by atoms with Crippen molar-refractivity contribution in [1.82, 2.24) is 5.32 Å². The minimum atomic E-state index is -1.15. The van der Waals surface area contributed by atoms with Gasteiger partial charge in [-0.1, -0.05) is 13.8 Å².